The molecule has 3 unspecified atom stereocenters. The van der Waals surface area contributed by atoms with E-state index in [1.807, 2.05) is 0 Å². The second-order valence-corrected chi connectivity index (χ2v) is 5.06. The number of carbonyl (C=O) groups excluding carboxylic acids is 1. The Labute approximate surface area is 86.5 Å². The van der Waals surface area contributed by atoms with Crippen LogP contribution in [0.1, 0.15) is 39.0 Å². The Hall–Kier alpha value is -0.370. The quantitative estimate of drug-likeness (QED) is 0.693. The van der Waals surface area contributed by atoms with Crippen LogP contribution in [0.25, 0.3) is 0 Å². The molecular weight excluding hydrogens is 174 g/mol. The molecule has 1 aliphatic heterocycles. The van der Waals surface area contributed by atoms with Crippen LogP contribution in [0.3, 0.4) is 0 Å². The van der Waals surface area contributed by atoms with Crippen molar-refractivity contribution in [3.63, 3.8) is 0 Å². The third kappa shape index (κ3) is 2.17. The maximum atomic E-state index is 11.8. The lowest BCUT2D eigenvalue weighted by Gasteiger charge is -2.34. The summed E-state index contributed by atoms with van der Waals surface area (Å²) in [6, 6.07) is 0. The van der Waals surface area contributed by atoms with E-state index in [9.17, 15) is 4.79 Å². The normalized spacial score (nSPS) is 39.8. The van der Waals surface area contributed by atoms with E-state index in [0.29, 0.717) is 17.6 Å². The Morgan fingerprint density at radius 1 is 1.36 bits per heavy atom. The largest absolute Gasteiger partial charge is 0.316 e. The van der Waals surface area contributed by atoms with Crippen molar-refractivity contribution in [3.8, 4) is 0 Å². The van der Waals surface area contributed by atoms with Crippen LogP contribution in [-0.2, 0) is 4.79 Å². The minimum atomic E-state index is 0.339. The van der Waals surface area contributed by atoms with Crippen molar-refractivity contribution in [2.24, 2.45) is 17.8 Å². The van der Waals surface area contributed by atoms with Gasteiger partial charge in [0.1, 0.15) is 5.78 Å². The first-order chi connectivity index (χ1) is 6.77. The van der Waals surface area contributed by atoms with E-state index in [2.05, 4.69) is 12.2 Å². The Morgan fingerprint density at radius 3 is 2.93 bits per heavy atom. The molecule has 0 spiro atoms. The van der Waals surface area contributed by atoms with Crippen LogP contribution in [0.2, 0.25) is 0 Å². The second-order valence-electron chi connectivity index (χ2n) is 5.06. The number of piperidine rings is 1. The van der Waals surface area contributed by atoms with Gasteiger partial charge in [-0.3, -0.25) is 4.79 Å². The molecule has 1 N–H and O–H groups in total. The summed E-state index contributed by atoms with van der Waals surface area (Å²) >= 11 is 0. The van der Waals surface area contributed by atoms with E-state index >= 15 is 0 Å². The standard InChI is InChI=1S/C12H21NO/c1-9-3-2-4-10(7-9)11-8-13-6-5-12(11)14/h9-11,13H,2-8H2,1H3. The molecule has 2 aliphatic rings. The molecule has 3 atom stereocenters. The van der Waals surface area contributed by atoms with Crippen LogP contribution in [0, 0.1) is 17.8 Å². The van der Waals surface area contributed by atoms with Gasteiger partial charge in [0.25, 0.3) is 0 Å². The third-order valence-corrected chi connectivity index (χ3v) is 3.87. The van der Waals surface area contributed by atoms with Crippen LogP contribution < -0.4 is 5.32 Å². The lowest BCUT2D eigenvalue weighted by molar-refractivity contribution is -0.126. The molecule has 1 aliphatic carbocycles. The van der Waals surface area contributed by atoms with Gasteiger partial charge in [0.05, 0.1) is 0 Å². The van der Waals surface area contributed by atoms with E-state index in [0.717, 1.165) is 25.4 Å². The van der Waals surface area contributed by atoms with Gasteiger partial charge >= 0.3 is 0 Å². The van der Waals surface area contributed by atoms with Crippen LogP contribution in [0.5, 0.6) is 0 Å². The molecule has 0 radical (unpaired) electrons. The third-order valence-electron chi connectivity index (χ3n) is 3.87. The zero-order valence-electron chi connectivity index (χ0n) is 9.09. The second kappa shape index (κ2) is 4.43. The highest BCUT2D eigenvalue weighted by Gasteiger charge is 2.32. The van der Waals surface area contributed by atoms with Crippen molar-refractivity contribution in [2.75, 3.05) is 13.1 Å². The summed E-state index contributed by atoms with van der Waals surface area (Å²) in [6.07, 6.45) is 6.01. The number of hydrogen-bond donors (Lipinski definition) is 1. The summed E-state index contributed by atoms with van der Waals surface area (Å²) in [6.45, 7) is 4.17. The molecule has 2 heteroatoms. The first kappa shape index (κ1) is 10.2. The molecule has 0 aromatic heterocycles. The highest BCUT2D eigenvalue weighted by atomic mass is 16.1. The molecule has 0 amide bonds. The first-order valence-corrected chi connectivity index (χ1v) is 6.01. The number of carbonyl (C=O) groups is 1. The summed E-state index contributed by atoms with van der Waals surface area (Å²) < 4.78 is 0. The fourth-order valence-corrected chi connectivity index (χ4v) is 3.04. The maximum absolute atomic E-state index is 11.8. The van der Waals surface area contributed by atoms with Crippen molar-refractivity contribution in [1.29, 1.82) is 0 Å². The molecule has 1 saturated heterocycles. The van der Waals surface area contributed by atoms with Gasteiger partial charge in [-0.25, -0.2) is 0 Å². The Morgan fingerprint density at radius 2 is 2.21 bits per heavy atom. The first-order valence-electron chi connectivity index (χ1n) is 6.01. The van der Waals surface area contributed by atoms with E-state index in [-0.39, 0.29) is 0 Å². The van der Waals surface area contributed by atoms with Crippen molar-refractivity contribution < 1.29 is 4.79 Å². The molecule has 1 heterocycles. The zero-order chi connectivity index (χ0) is 9.97. The monoisotopic (exact) mass is 195 g/mol. The molecule has 2 rings (SSSR count). The molecule has 0 bridgehead atoms. The Balaban J connectivity index is 1.94. The van der Waals surface area contributed by atoms with Crippen molar-refractivity contribution in [2.45, 2.75) is 39.0 Å². The maximum Gasteiger partial charge on any atom is 0.138 e. The van der Waals surface area contributed by atoms with Crippen molar-refractivity contribution in [3.05, 3.63) is 0 Å². The summed E-state index contributed by atoms with van der Waals surface area (Å²) in [5.41, 5.74) is 0. The van der Waals surface area contributed by atoms with Crippen LogP contribution in [0.4, 0.5) is 0 Å². The Bertz CT molecular complexity index is 214. The predicted molar refractivity (Wildman–Crippen MR) is 57.1 cm³/mol. The SMILES string of the molecule is CC1CCCC(C2CNCCC2=O)C1. The fraction of sp³-hybridized carbons (Fsp3) is 0.917. The van der Waals surface area contributed by atoms with Gasteiger partial charge in [-0.15, -0.1) is 0 Å². The van der Waals surface area contributed by atoms with Crippen LogP contribution in [-0.4, -0.2) is 18.9 Å². The van der Waals surface area contributed by atoms with E-state index in [1.165, 1.54) is 25.7 Å². The van der Waals surface area contributed by atoms with Crippen molar-refractivity contribution in [1.82, 2.24) is 5.32 Å². The topological polar surface area (TPSA) is 29.1 Å². The molecule has 1 saturated carbocycles. The molecule has 0 aromatic rings. The van der Waals surface area contributed by atoms with Gasteiger partial charge in [0.2, 0.25) is 0 Å². The summed E-state index contributed by atoms with van der Waals surface area (Å²) in [4.78, 5) is 11.8. The number of Topliss-reactive ketones (excluding diaryl/α,β-unsaturated/α-hetero) is 1. The van der Waals surface area contributed by atoms with E-state index in [4.69, 9.17) is 0 Å². The summed E-state index contributed by atoms with van der Waals surface area (Å²) in [5.74, 6) is 2.37. The average Bonchev–Trinajstić information content (AvgIpc) is 2.18. The molecule has 2 nitrogen and oxygen atoms in total. The van der Waals surface area contributed by atoms with Gasteiger partial charge < -0.3 is 5.32 Å². The molecule has 0 aromatic carbocycles. The minimum Gasteiger partial charge on any atom is -0.316 e. The lowest BCUT2D eigenvalue weighted by atomic mass is 9.73. The van der Waals surface area contributed by atoms with Crippen LogP contribution >= 0.6 is 0 Å². The number of hydrogen-bond acceptors (Lipinski definition) is 2. The van der Waals surface area contributed by atoms with Gasteiger partial charge in [0, 0.05) is 25.4 Å². The number of rotatable bonds is 1. The molecule has 2 fully saturated rings. The Kier molecular flexibility index (Phi) is 3.22. The number of nitrogens with one attached hydrogen (secondary N) is 1. The molecular formula is C12H21NO. The van der Waals surface area contributed by atoms with Crippen molar-refractivity contribution >= 4 is 5.78 Å². The lowest BCUT2D eigenvalue weighted by Crippen LogP contribution is -2.42. The zero-order valence-corrected chi connectivity index (χ0v) is 9.09. The predicted octanol–water partition coefficient (Wildman–Crippen LogP) is 1.99. The molecule has 14 heavy (non-hydrogen) atoms. The highest BCUT2D eigenvalue weighted by Crippen LogP contribution is 2.34. The van der Waals surface area contributed by atoms with Gasteiger partial charge in [0.15, 0.2) is 0 Å². The smallest absolute Gasteiger partial charge is 0.138 e. The van der Waals surface area contributed by atoms with Gasteiger partial charge in [-0.2, -0.15) is 0 Å². The van der Waals surface area contributed by atoms with E-state index < -0.39 is 0 Å². The summed E-state index contributed by atoms with van der Waals surface area (Å²) in [7, 11) is 0. The summed E-state index contributed by atoms with van der Waals surface area (Å²) in [5, 5.41) is 3.36. The number of ketones is 1. The van der Waals surface area contributed by atoms with Gasteiger partial charge in [-0.05, 0) is 24.7 Å². The molecule has 80 valence electrons. The average molecular weight is 195 g/mol. The van der Waals surface area contributed by atoms with E-state index in [1.54, 1.807) is 0 Å². The van der Waals surface area contributed by atoms with Crippen LogP contribution in [0.15, 0.2) is 0 Å². The van der Waals surface area contributed by atoms with Gasteiger partial charge in [-0.1, -0.05) is 19.8 Å². The fourth-order valence-electron chi connectivity index (χ4n) is 3.04. The minimum absolute atomic E-state index is 0.339. The highest BCUT2D eigenvalue weighted by molar-refractivity contribution is 5.82.